The van der Waals surface area contributed by atoms with Crippen LogP contribution in [0.1, 0.15) is 24.2 Å². The molecule has 0 saturated carbocycles. The van der Waals surface area contributed by atoms with E-state index < -0.39 is 5.91 Å². The van der Waals surface area contributed by atoms with E-state index in [9.17, 15) is 4.79 Å². The van der Waals surface area contributed by atoms with Crippen molar-refractivity contribution in [2.24, 2.45) is 5.73 Å². The number of hydrogen-bond donors (Lipinski definition) is 2. The van der Waals surface area contributed by atoms with E-state index in [1.807, 2.05) is 13.8 Å². The molecule has 0 bridgehead atoms. The van der Waals surface area contributed by atoms with Gasteiger partial charge in [0.25, 0.3) is 0 Å². The van der Waals surface area contributed by atoms with E-state index in [2.05, 4.69) is 4.98 Å². The highest BCUT2D eigenvalue weighted by Gasteiger charge is 2.09. The molecule has 6 heteroatoms. The van der Waals surface area contributed by atoms with E-state index in [-0.39, 0.29) is 6.10 Å². The van der Waals surface area contributed by atoms with Crippen molar-refractivity contribution in [1.82, 2.24) is 4.98 Å². The second-order valence-corrected chi connectivity index (χ2v) is 4.70. The lowest BCUT2D eigenvalue weighted by Crippen LogP contribution is -2.10. The molecule has 1 aromatic carbocycles. The number of nitrogens with two attached hydrogens (primary N) is 2. The summed E-state index contributed by atoms with van der Waals surface area (Å²) in [6.07, 6.45) is -0.0479. The lowest BCUT2D eigenvalue weighted by atomic mass is 10.2. The van der Waals surface area contributed by atoms with Gasteiger partial charge in [-0.2, -0.15) is 4.98 Å². The molecule has 0 aliphatic heterocycles. The number of nitrogen functional groups attached to an aromatic ring is 1. The van der Waals surface area contributed by atoms with Crippen molar-refractivity contribution in [3.05, 3.63) is 42.0 Å². The van der Waals surface area contributed by atoms with Crippen LogP contribution < -0.4 is 20.9 Å². The number of ether oxygens (including phenoxy) is 2. The second-order valence-electron chi connectivity index (χ2n) is 4.70. The molecular formula is C15H17N3O3. The van der Waals surface area contributed by atoms with Crippen LogP contribution in [0.4, 0.5) is 5.69 Å². The van der Waals surface area contributed by atoms with Crippen molar-refractivity contribution >= 4 is 11.6 Å². The fourth-order valence-electron chi connectivity index (χ4n) is 1.64. The van der Waals surface area contributed by atoms with Crippen LogP contribution in [-0.4, -0.2) is 17.0 Å². The summed E-state index contributed by atoms with van der Waals surface area (Å²) in [5.74, 6) is 0.573. The number of amides is 1. The van der Waals surface area contributed by atoms with E-state index in [4.69, 9.17) is 20.9 Å². The van der Waals surface area contributed by atoms with Crippen molar-refractivity contribution in [2.45, 2.75) is 20.0 Å². The number of carbonyl (C=O) groups is 1. The van der Waals surface area contributed by atoms with E-state index in [1.54, 1.807) is 36.4 Å². The molecule has 0 unspecified atom stereocenters. The van der Waals surface area contributed by atoms with Crippen molar-refractivity contribution in [1.29, 1.82) is 0 Å². The maximum atomic E-state index is 11.1. The van der Waals surface area contributed by atoms with Crippen molar-refractivity contribution in [2.75, 3.05) is 5.73 Å². The van der Waals surface area contributed by atoms with Gasteiger partial charge in [0.05, 0.1) is 11.8 Å². The maximum absolute atomic E-state index is 11.1. The molecule has 1 amide bonds. The molecule has 2 rings (SSSR count). The van der Waals surface area contributed by atoms with Crippen molar-refractivity contribution < 1.29 is 14.3 Å². The van der Waals surface area contributed by atoms with Gasteiger partial charge >= 0.3 is 0 Å². The van der Waals surface area contributed by atoms with Crippen LogP contribution in [-0.2, 0) is 0 Å². The van der Waals surface area contributed by atoms with E-state index in [0.29, 0.717) is 28.8 Å². The number of primary amides is 1. The minimum absolute atomic E-state index is 0.0479. The van der Waals surface area contributed by atoms with Crippen LogP contribution in [0.2, 0.25) is 0 Å². The van der Waals surface area contributed by atoms with Gasteiger partial charge in [0, 0.05) is 11.6 Å². The third-order valence-electron chi connectivity index (χ3n) is 2.55. The fraction of sp³-hybridized carbons (Fsp3) is 0.200. The number of carbonyl (C=O) groups excluding carboxylic acids is 1. The highest BCUT2D eigenvalue weighted by molar-refractivity contribution is 5.93. The first kappa shape index (κ1) is 14.6. The quantitative estimate of drug-likeness (QED) is 0.879. The lowest BCUT2D eigenvalue weighted by Gasteiger charge is -2.12. The maximum Gasteiger partial charge on any atom is 0.248 e. The minimum Gasteiger partial charge on any atom is -0.473 e. The minimum atomic E-state index is -0.519. The van der Waals surface area contributed by atoms with Crippen LogP contribution in [0.15, 0.2) is 36.4 Å². The molecule has 0 spiro atoms. The summed E-state index contributed by atoms with van der Waals surface area (Å²) < 4.78 is 11.1. The first-order valence-corrected chi connectivity index (χ1v) is 6.46. The Morgan fingerprint density at radius 2 is 2.00 bits per heavy atom. The average molecular weight is 287 g/mol. The van der Waals surface area contributed by atoms with Crippen LogP contribution in [0.3, 0.4) is 0 Å². The number of anilines is 1. The number of benzene rings is 1. The van der Waals surface area contributed by atoms with Crippen LogP contribution in [0.5, 0.6) is 17.5 Å². The molecule has 0 atom stereocenters. The molecule has 0 aliphatic carbocycles. The number of nitrogens with zero attached hydrogens (tertiary/aromatic N) is 1. The van der Waals surface area contributed by atoms with Gasteiger partial charge in [-0.1, -0.05) is 6.07 Å². The first-order valence-electron chi connectivity index (χ1n) is 6.46. The number of rotatable bonds is 5. The summed E-state index contributed by atoms with van der Waals surface area (Å²) in [6.45, 7) is 3.76. The van der Waals surface area contributed by atoms with E-state index >= 15 is 0 Å². The zero-order valence-corrected chi connectivity index (χ0v) is 11.9. The van der Waals surface area contributed by atoms with Gasteiger partial charge in [-0.05, 0) is 38.1 Å². The molecule has 6 nitrogen and oxygen atoms in total. The van der Waals surface area contributed by atoms with Gasteiger partial charge in [0.15, 0.2) is 0 Å². The summed E-state index contributed by atoms with van der Waals surface area (Å²) in [5.41, 5.74) is 11.8. The Labute approximate surface area is 122 Å². The predicted molar refractivity (Wildman–Crippen MR) is 79.4 cm³/mol. The highest BCUT2D eigenvalue weighted by atomic mass is 16.5. The molecule has 0 radical (unpaired) electrons. The van der Waals surface area contributed by atoms with Gasteiger partial charge in [-0.15, -0.1) is 0 Å². The van der Waals surface area contributed by atoms with Gasteiger partial charge in [0.2, 0.25) is 17.7 Å². The zero-order valence-electron chi connectivity index (χ0n) is 11.9. The van der Waals surface area contributed by atoms with Crippen LogP contribution >= 0.6 is 0 Å². The Morgan fingerprint density at radius 1 is 1.24 bits per heavy atom. The number of hydrogen-bond acceptors (Lipinski definition) is 5. The van der Waals surface area contributed by atoms with Gasteiger partial charge in [-0.3, -0.25) is 4.79 Å². The van der Waals surface area contributed by atoms with Crippen LogP contribution in [0.25, 0.3) is 0 Å². The Balaban J connectivity index is 2.23. The predicted octanol–water partition coefficient (Wildman–Crippen LogP) is 2.34. The molecular weight excluding hydrogens is 270 g/mol. The topological polar surface area (TPSA) is 100 Å². The van der Waals surface area contributed by atoms with Crippen molar-refractivity contribution in [3.63, 3.8) is 0 Å². The Kier molecular flexibility index (Phi) is 4.27. The third kappa shape index (κ3) is 3.85. The molecule has 1 heterocycles. The van der Waals surface area contributed by atoms with Crippen molar-refractivity contribution in [3.8, 4) is 17.5 Å². The number of aromatic nitrogens is 1. The smallest absolute Gasteiger partial charge is 0.248 e. The molecule has 0 fully saturated rings. The molecule has 110 valence electrons. The van der Waals surface area contributed by atoms with Gasteiger partial charge < -0.3 is 20.9 Å². The van der Waals surface area contributed by atoms with E-state index in [1.165, 1.54) is 0 Å². The summed E-state index contributed by atoms with van der Waals surface area (Å²) in [4.78, 5) is 15.3. The Morgan fingerprint density at radius 3 is 2.67 bits per heavy atom. The van der Waals surface area contributed by atoms with E-state index in [0.717, 1.165) is 0 Å². The fourth-order valence-corrected chi connectivity index (χ4v) is 1.64. The molecule has 21 heavy (non-hydrogen) atoms. The van der Waals surface area contributed by atoms with Gasteiger partial charge in [0.1, 0.15) is 5.75 Å². The lowest BCUT2D eigenvalue weighted by molar-refractivity contribution is 0.1000. The third-order valence-corrected chi connectivity index (χ3v) is 2.55. The number of pyridine rings is 1. The summed E-state index contributed by atoms with van der Waals surface area (Å²) in [6, 6.07) is 9.81. The molecule has 4 N–H and O–H groups in total. The molecule has 0 aliphatic rings. The van der Waals surface area contributed by atoms with Gasteiger partial charge in [-0.25, -0.2) is 0 Å². The summed E-state index contributed by atoms with van der Waals surface area (Å²) in [7, 11) is 0. The molecule has 2 aromatic rings. The SMILES string of the molecule is CC(C)Oc1nc(Oc2cccc(C(N)=O)c2)ccc1N. The summed E-state index contributed by atoms with van der Waals surface area (Å²) >= 11 is 0. The standard InChI is InChI=1S/C15H17N3O3/c1-9(2)20-15-12(16)6-7-13(18-15)21-11-5-3-4-10(8-11)14(17)19/h3-9H,16H2,1-2H3,(H2,17,19). The monoisotopic (exact) mass is 287 g/mol. The Hall–Kier alpha value is -2.76. The second kappa shape index (κ2) is 6.13. The average Bonchev–Trinajstić information content (AvgIpc) is 2.42. The first-order chi connectivity index (χ1) is 9.95. The normalized spacial score (nSPS) is 10.4. The molecule has 1 aromatic heterocycles. The zero-order chi connectivity index (χ0) is 15.4. The van der Waals surface area contributed by atoms with Crippen LogP contribution in [0, 0.1) is 0 Å². The largest absolute Gasteiger partial charge is 0.473 e. The molecule has 0 saturated heterocycles. The highest BCUT2D eigenvalue weighted by Crippen LogP contribution is 2.26. The Bertz CT molecular complexity index is 656. The summed E-state index contributed by atoms with van der Waals surface area (Å²) in [5, 5.41) is 0.